The van der Waals surface area contributed by atoms with Crippen LogP contribution in [-0.4, -0.2) is 34.8 Å². The van der Waals surface area contributed by atoms with E-state index in [-0.39, 0.29) is 22.1 Å². The third-order valence-corrected chi connectivity index (χ3v) is 5.16. The van der Waals surface area contributed by atoms with Gasteiger partial charge < -0.3 is 15.8 Å². The van der Waals surface area contributed by atoms with Crippen LogP contribution in [0, 0.1) is 0 Å². The number of aryl methyl sites for hydroxylation is 2. The fraction of sp³-hybridized carbons (Fsp3) is 0.444. The number of aromatic nitrogens is 2. The van der Waals surface area contributed by atoms with E-state index in [2.05, 4.69) is 26.3 Å². The summed E-state index contributed by atoms with van der Waals surface area (Å²) in [5.41, 5.74) is 9.10. The van der Waals surface area contributed by atoms with Crippen molar-refractivity contribution in [3.8, 4) is 5.88 Å². The van der Waals surface area contributed by atoms with Crippen LogP contribution in [0.4, 0.5) is 14.5 Å². The zero-order chi connectivity index (χ0) is 19.6. The maximum atomic E-state index is 12.6. The average molecular weight is 443 g/mol. The highest BCUT2D eigenvalue weighted by atomic mass is 79.9. The lowest BCUT2D eigenvalue weighted by Gasteiger charge is -2.22. The molecule has 0 bridgehead atoms. The van der Waals surface area contributed by atoms with Crippen LogP contribution in [0.5, 0.6) is 5.88 Å². The number of alkyl halides is 2. The van der Waals surface area contributed by atoms with Gasteiger partial charge in [0.2, 0.25) is 5.88 Å². The van der Waals surface area contributed by atoms with Crippen LogP contribution in [0.3, 0.4) is 0 Å². The molecule has 6 nitrogen and oxygen atoms in total. The molecule has 0 radical (unpaired) electrons. The Balaban J connectivity index is 1.78. The molecule has 1 amide bonds. The quantitative estimate of drug-likeness (QED) is 0.718. The second kappa shape index (κ2) is 8.35. The lowest BCUT2D eigenvalue weighted by Crippen LogP contribution is -2.27. The Morgan fingerprint density at radius 3 is 2.96 bits per heavy atom. The number of carbonyl (C=O) groups is 1. The first-order chi connectivity index (χ1) is 12.9. The third-order valence-electron chi connectivity index (χ3n) is 4.44. The minimum atomic E-state index is -2.61. The number of amides is 1. The van der Waals surface area contributed by atoms with E-state index in [1.54, 1.807) is 6.92 Å². The van der Waals surface area contributed by atoms with E-state index in [0.717, 1.165) is 19.3 Å². The molecular weight excluding hydrogens is 422 g/mol. The maximum absolute atomic E-state index is 12.6. The second-order valence-electron chi connectivity index (χ2n) is 6.43. The molecule has 1 aromatic carbocycles. The van der Waals surface area contributed by atoms with Crippen molar-refractivity contribution in [2.75, 3.05) is 11.9 Å². The highest BCUT2D eigenvalue weighted by molar-refractivity contribution is 9.10. The molecular formula is C18H21BrF2N4O2. The molecule has 1 atom stereocenters. The molecule has 3 N–H and O–H groups in total. The number of benzene rings is 1. The van der Waals surface area contributed by atoms with Crippen molar-refractivity contribution in [2.45, 2.75) is 45.2 Å². The summed E-state index contributed by atoms with van der Waals surface area (Å²) in [4.78, 5) is 12.6. The number of nitrogens with zero attached hydrogens (tertiary/aromatic N) is 2. The molecule has 146 valence electrons. The molecule has 27 heavy (non-hydrogen) atoms. The monoisotopic (exact) mass is 442 g/mol. The van der Waals surface area contributed by atoms with Crippen molar-refractivity contribution in [3.05, 3.63) is 39.5 Å². The van der Waals surface area contributed by atoms with E-state index in [1.165, 1.54) is 15.8 Å². The van der Waals surface area contributed by atoms with Crippen molar-refractivity contribution in [1.29, 1.82) is 0 Å². The number of ether oxygens (including phenoxy) is 1. The molecule has 0 aliphatic heterocycles. The van der Waals surface area contributed by atoms with Crippen LogP contribution >= 0.6 is 15.9 Å². The fourth-order valence-corrected chi connectivity index (χ4v) is 3.69. The Morgan fingerprint density at radius 2 is 2.26 bits per heavy atom. The SMILES string of the molecule is CCn1nc(C(=O)Nc2ccc3c(c2)CC[C@H](N)C3)c(Br)c1OCC(F)F. The predicted octanol–water partition coefficient (Wildman–Crippen LogP) is 3.38. The van der Waals surface area contributed by atoms with Crippen LogP contribution in [0.25, 0.3) is 0 Å². The number of halogens is 3. The number of nitrogens with one attached hydrogen (secondary N) is 1. The summed E-state index contributed by atoms with van der Waals surface area (Å²) in [6.45, 7) is 1.40. The van der Waals surface area contributed by atoms with Gasteiger partial charge in [-0.3, -0.25) is 4.79 Å². The van der Waals surface area contributed by atoms with E-state index in [9.17, 15) is 13.6 Å². The van der Waals surface area contributed by atoms with E-state index >= 15 is 0 Å². The molecule has 9 heteroatoms. The normalized spacial score (nSPS) is 16.3. The van der Waals surface area contributed by atoms with Gasteiger partial charge >= 0.3 is 0 Å². The molecule has 0 saturated carbocycles. The van der Waals surface area contributed by atoms with Gasteiger partial charge in [0.15, 0.2) is 12.3 Å². The highest BCUT2D eigenvalue weighted by Crippen LogP contribution is 2.30. The number of anilines is 1. The lowest BCUT2D eigenvalue weighted by molar-refractivity contribution is 0.0765. The minimum Gasteiger partial charge on any atom is -0.471 e. The summed E-state index contributed by atoms with van der Waals surface area (Å²) in [7, 11) is 0. The lowest BCUT2D eigenvalue weighted by atomic mass is 9.88. The standard InChI is InChI=1S/C18H21BrF2N4O2/c1-2-25-18(27-9-14(20)21)15(19)16(24-25)17(26)23-13-6-4-10-7-12(22)5-3-11(10)8-13/h4,6,8,12,14H,2-3,5,7,9,22H2,1H3,(H,23,26)/t12-/m0/s1. The van der Waals surface area contributed by atoms with Crippen molar-refractivity contribution in [2.24, 2.45) is 5.73 Å². The summed E-state index contributed by atoms with van der Waals surface area (Å²) in [6.07, 6.45) is 0.0145. The largest absolute Gasteiger partial charge is 0.471 e. The summed E-state index contributed by atoms with van der Waals surface area (Å²) in [6, 6.07) is 5.92. The number of rotatable bonds is 6. The minimum absolute atomic E-state index is 0.0841. The maximum Gasteiger partial charge on any atom is 0.277 e. The van der Waals surface area contributed by atoms with Crippen LogP contribution in [0.2, 0.25) is 0 Å². The Hall–Kier alpha value is -2.00. The molecule has 2 aromatic rings. The van der Waals surface area contributed by atoms with Crippen molar-refractivity contribution < 1.29 is 18.3 Å². The highest BCUT2D eigenvalue weighted by Gasteiger charge is 2.24. The molecule has 1 aliphatic rings. The number of nitrogens with two attached hydrogens (primary N) is 1. The van der Waals surface area contributed by atoms with Gasteiger partial charge in [0.05, 0.1) is 0 Å². The van der Waals surface area contributed by atoms with E-state index < -0.39 is 18.9 Å². The van der Waals surface area contributed by atoms with Crippen molar-refractivity contribution in [1.82, 2.24) is 9.78 Å². The molecule has 1 heterocycles. The van der Waals surface area contributed by atoms with Crippen LogP contribution in [0.15, 0.2) is 22.7 Å². The molecule has 0 fully saturated rings. The first kappa shape index (κ1) is 19.8. The van der Waals surface area contributed by atoms with Gasteiger partial charge in [0.1, 0.15) is 4.47 Å². The molecule has 0 unspecified atom stereocenters. The smallest absolute Gasteiger partial charge is 0.277 e. The Kier molecular flexibility index (Phi) is 6.11. The van der Waals surface area contributed by atoms with Gasteiger partial charge in [-0.1, -0.05) is 6.07 Å². The Labute approximate surface area is 164 Å². The molecule has 1 aliphatic carbocycles. The first-order valence-corrected chi connectivity index (χ1v) is 9.54. The molecule has 1 aromatic heterocycles. The van der Waals surface area contributed by atoms with E-state index in [1.807, 2.05) is 18.2 Å². The Morgan fingerprint density at radius 1 is 1.48 bits per heavy atom. The van der Waals surface area contributed by atoms with Gasteiger partial charge in [-0.15, -0.1) is 0 Å². The van der Waals surface area contributed by atoms with Gasteiger partial charge in [0.25, 0.3) is 12.3 Å². The summed E-state index contributed by atoms with van der Waals surface area (Å²) < 4.78 is 31.6. The van der Waals surface area contributed by atoms with E-state index in [4.69, 9.17) is 10.5 Å². The van der Waals surface area contributed by atoms with Crippen LogP contribution in [-0.2, 0) is 19.4 Å². The predicted molar refractivity (Wildman–Crippen MR) is 101 cm³/mol. The van der Waals surface area contributed by atoms with Gasteiger partial charge in [-0.05, 0) is 65.4 Å². The Bertz CT molecular complexity index is 841. The zero-order valence-electron chi connectivity index (χ0n) is 14.8. The molecule has 3 rings (SSSR count). The van der Waals surface area contributed by atoms with E-state index in [0.29, 0.717) is 12.2 Å². The van der Waals surface area contributed by atoms with Crippen molar-refractivity contribution in [3.63, 3.8) is 0 Å². The molecule has 0 spiro atoms. The summed E-state index contributed by atoms with van der Waals surface area (Å²) in [5, 5.41) is 6.98. The first-order valence-electron chi connectivity index (χ1n) is 8.75. The zero-order valence-corrected chi connectivity index (χ0v) is 16.4. The van der Waals surface area contributed by atoms with Gasteiger partial charge in [-0.25, -0.2) is 13.5 Å². The number of hydrogen-bond donors (Lipinski definition) is 2. The number of hydrogen-bond acceptors (Lipinski definition) is 4. The van der Waals surface area contributed by atoms with Gasteiger partial charge in [0, 0.05) is 18.3 Å². The number of fused-ring (bicyclic) bond motifs is 1. The second-order valence-corrected chi connectivity index (χ2v) is 7.22. The fourth-order valence-electron chi connectivity index (χ4n) is 3.12. The van der Waals surface area contributed by atoms with Crippen LogP contribution < -0.4 is 15.8 Å². The average Bonchev–Trinajstić information content (AvgIpc) is 2.96. The van der Waals surface area contributed by atoms with Gasteiger partial charge in [-0.2, -0.15) is 5.10 Å². The summed E-state index contributed by atoms with van der Waals surface area (Å²) >= 11 is 3.25. The number of carbonyl (C=O) groups excluding carboxylic acids is 1. The summed E-state index contributed by atoms with van der Waals surface area (Å²) in [5.74, 6) is -0.328. The topological polar surface area (TPSA) is 82.2 Å². The van der Waals surface area contributed by atoms with Crippen molar-refractivity contribution >= 4 is 27.5 Å². The van der Waals surface area contributed by atoms with Crippen LogP contribution in [0.1, 0.15) is 35.0 Å². The molecule has 0 saturated heterocycles. The third kappa shape index (κ3) is 4.47.